The molecule has 8 heteroatoms. The van der Waals surface area contributed by atoms with E-state index in [0.717, 1.165) is 11.1 Å². The number of halogens is 1. The van der Waals surface area contributed by atoms with Crippen molar-refractivity contribution in [1.82, 2.24) is 5.32 Å². The highest BCUT2D eigenvalue weighted by Gasteiger charge is 2.41. The van der Waals surface area contributed by atoms with Gasteiger partial charge in [0.2, 0.25) is 0 Å². The third-order valence-electron chi connectivity index (χ3n) is 6.36. The summed E-state index contributed by atoms with van der Waals surface area (Å²) in [6, 6.07) is 30.9. The van der Waals surface area contributed by atoms with Crippen molar-refractivity contribution in [2.24, 2.45) is 0 Å². The Kier molecular flexibility index (Phi) is 7.72. The number of anilines is 1. The number of sulfonamides is 1. The molecule has 39 heavy (non-hydrogen) atoms. The molecule has 0 saturated heterocycles. The van der Waals surface area contributed by atoms with Gasteiger partial charge in [0.05, 0.1) is 18.8 Å². The van der Waals surface area contributed by atoms with E-state index < -0.39 is 15.9 Å². The first kappa shape index (κ1) is 26.5. The second-order valence-electron chi connectivity index (χ2n) is 9.15. The lowest BCUT2D eigenvalue weighted by Crippen LogP contribution is -2.42. The van der Waals surface area contributed by atoms with Gasteiger partial charge in [-0.25, -0.2) is 8.42 Å². The Bertz CT molecular complexity index is 1640. The van der Waals surface area contributed by atoms with Crippen molar-refractivity contribution in [1.29, 1.82) is 0 Å². The maximum Gasteiger partial charge on any atom is 0.270 e. The fourth-order valence-corrected chi connectivity index (χ4v) is 6.50. The molecule has 1 aliphatic heterocycles. The molecule has 0 bridgehead atoms. The van der Waals surface area contributed by atoms with Crippen LogP contribution in [0.15, 0.2) is 108 Å². The molecule has 4 aromatic carbocycles. The summed E-state index contributed by atoms with van der Waals surface area (Å²) in [5.74, 6) is -0.0262. The lowest BCUT2D eigenvalue weighted by molar-refractivity contribution is -0.116. The van der Waals surface area contributed by atoms with Crippen molar-refractivity contribution in [2.75, 3.05) is 17.5 Å². The maximum atomic E-state index is 14.2. The number of benzene rings is 4. The van der Waals surface area contributed by atoms with Crippen LogP contribution in [0.25, 0.3) is 5.57 Å². The number of aryl methyl sites for hydroxylation is 1. The summed E-state index contributed by atoms with van der Waals surface area (Å²) >= 11 is 6.40. The Morgan fingerprint density at radius 2 is 1.62 bits per heavy atom. The summed E-state index contributed by atoms with van der Waals surface area (Å²) in [6.45, 7) is 2.33. The molecule has 6 nitrogen and oxygen atoms in total. The highest BCUT2D eigenvalue weighted by atomic mass is 35.5. The van der Waals surface area contributed by atoms with Gasteiger partial charge in [0.25, 0.3) is 15.9 Å². The quantitative estimate of drug-likeness (QED) is 0.271. The zero-order chi connectivity index (χ0) is 27.4. The largest absolute Gasteiger partial charge is 0.492 e. The van der Waals surface area contributed by atoms with E-state index in [-0.39, 0.29) is 24.6 Å². The number of carbonyl (C=O) groups is 1. The number of amides is 1. The minimum absolute atomic E-state index is 0.0626. The minimum Gasteiger partial charge on any atom is -0.492 e. The van der Waals surface area contributed by atoms with Crippen LogP contribution in [0.3, 0.4) is 0 Å². The molecule has 1 aliphatic rings. The van der Waals surface area contributed by atoms with Gasteiger partial charge in [0.1, 0.15) is 12.4 Å². The van der Waals surface area contributed by atoms with Gasteiger partial charge in [-0.15, -0.1) is 0 Å². The highest BCUT2D eigenvalue weighted by Crippen LogP contribution is 2.44. The number of ether oxygens (including phenoxy) is 1. The number of nitrogens with zero attached hydrogens (tertiary/aromatic N) is 1. The molecule has 0 aliphatic carbocycles. The van der Waals surface area contributed by atoms with Crippen LogP contribution < -0.4 is 14.4 Å². The van der Waals surface area contributed by atoms with E-state index in [0.29, 0.717) is 33.2 Å². The molecular weight excluding hydrogens is 532 g/mol. The Balaban J connectivity index is 1.55. The molecule has 1 heterocycles. The number of fused-ring (bicyclic) bond motifs is 1. The van der Waals surface area contributed by atoms with E-state index in [1.54, 1.807) is 42.5 Å². The molecule has 4 aromatic rings. The molecule has 1 N–H and O–H groups in total. The van der Waals surface area contributed by atoms with E-state index in [1.165, 1.54) is 4.31 Å². The van der Waals surface area contributed by atoms with Gasteiger partial charge in [0.15, 0.2) is 4.91 Å². The van der Waals surface area contributed by atoms with Gasteiger partial charge in [-0.2, -0.15) is 0 Å². The van der Waals surface area contributed by atoms with Crippen LogP contribution in [-0.4, -0.2) is 27.5 Å². The van der Waals surface area contributed by atoms with Gasteiger partial charge in [-0.1, -0.05) is 84.4 Å². The number of rotatable bonds is 8. The number of hydrogen-bond donors (Lipinski definition) is 1. The summed E-state index contributed by atoms with van der Waals surface area (Å²) < 4.78 is 35.5. The zero-order valence-electron chi connectivity index (χ0n) is 21.3. The fourth-order valence-electron chi connectivity index (χ4n) is 4.58. The van der Waals surface area contributed by atoms with E-state index in [4.69, 9.17) is 16.3 Å². The zero-order valence-corrected chi connectivity index (χ0v) is 22.9. The maximum absolute atomic E-state index is 14.2. The summed E-state index contributed by atoms with van der Waals surface area (Å²) in [7, 11) is -4.26. The molecule has 0 aromatic heterocycles. The number of hydrogen-bond acceptors (Lipinski definition) is 4. The van der Waals surface area contributed by atoms with E-state index in [2.05, 4.69) is 5.32 Å². The first-order valence-electron chi connectivity index (χ1n) is 12.5. The van der Waals surface area contributed by atoms with Crippen LogP contribution in [0, 0.1) is 6.92 Å². The summed E-state index contributed by atoms with van der Waals surface area (Å²) in [5, 5.41) is 3.20. The topological polar surface area (TPSA) is 75.7 Å². The van der Waals surface area contributed by atoms with E-state index >= 15 is 0 Å². The molecule has 0 atom stereocenters. The van der Waals surface area contributed by atoms with Crippen LogP contribution >= 0.6 is 11.6 Å². The second-order valence-corrected chi connectivity index (χ2v) is 11.4. The molecule has 0 spiro atoms. The number of carbonyl (C=O) groups excluding carboxylic acids is 1. The van der Waals surface area contributed by atoms with Gasteiger partial charge in [-0.3, -0.25) is 9.10 Å². The van der Waals surface area contributed by atoms with Crippen LogP contribution in [0.2, 0.25) is 5.02 Å². The second kappa shape index (κ2) is 11.4. The first-order valence-corrected chi connectivity index (χ1v) is 14.3. The first-order chi connectivity index (χ1) is 18.8. The van der Waals surface area contributed by atoms with Gasteiger partial charge in [0, 0.05) is 16.2 Å². The molecule has 0 fully saturated rings. The molecular formula is C31H27ClN2O4S. The number of nitrogens with one attached hydrogen (secondary N) is 1. The van der Waals surface area contributed by atoms with E-state index in [9.17, 15) is 13.2 Å². The molecule has 5 rings (SSSR count). The third-order valence-corrected chi connectivity index (χ3v) is 8.40. The molecule has 1 amide bonds. The average Bonchev–Trinajstić information content (AvgIpc) is 2.93. The molecule has 0 saturated carbocycles. The highest BCUT2D eigenvalue weighted by molar-refractivity contribution is 7.97. The Labute approximate surface area is 233 Å². The van der Waals surface area contributed by atoms with Gasteiger partial charge in [-0.05, 0) is 53.9 Å². The van der Waals surface area contributed by atoms with Crippen LogP contribution in [0.1, 0.15) is 22.3 Å². The average molecular weight is 559 g/mol. The third kappa shape index (κ3) is 5.70. The summed E-state index contributed by atoms with van der Waals surface area (Å²) in [4.78, 5) is 13.4. The van der Waals surface area contributed by atoms with Crippen LogP contribution in [0.5, 0.6) is 5.75 Å². The van der Waals surface area contributed by atoms with E-state index in [1.807, 2.05) is 67.6 Å². The smallest absolute Gasteiger partial charge is 0.270 e. The Morgan fingerprint density at radius 3 is 2.33 bits per heavy atom. The van der Waals surface area contributed by atoms with Crippen molar-refractivity contribution in [2.45, 2.75) is 13.5 Å². The van der Waals surface area contributed by atoms with Gasteiger partial charge >= 0.3 is 0 Å². The SMILES string of the molecule is Cc1cccc(OCCNC(=O)C2=C(c3ccccc3)c3cc(Cl)ccc3N(Cc3ccccc3)S2(=O)=O)c1. The Hall–Kier alpha value is -4.07. The lowest BCUT2D eigenvalue weighted by Gasteiger charge is -2.33. The predicted molar refractivity (Wildman–Crippen MR) is 155 cm³/mol. The fraction of sp³-hybridized carbons (Fsp3) is 0.129. The lowest BCUT2D eigenvalue weighted by atomic mass is 9.95. The van der Waals surface area contributed by atoms with Crippen LogP contribution in [0.4, 0.5) is 5.69 Å². The van der Waals surface area contributed by atoms with Crippen molar-refractivity contribution < 1.29 is 17.9 Å². The monoisotopic (exact) mass is 558 g/mol. The van der Waals surface area contributed by atoms with Crippen molar-refractivity contribution in [3.8, 4) is 5.75 Å². The van der Waals surface area contributed by atoms with Gasteiger partial charge < -0.3 is 10.1 Å². The van der Waals surface area contributed by atoms with Crippen LogP contribution in [-0.2, 0) is 21.4 Å². The van der Waals surface area contributed by atoms with Crippen molar-refractivity contribution in [3.05, 3.63) is 135 Å². The standard InChI is InChI=1S/C31H27ClN2O4S/c1-22-9-8-14-26(19-22)38-18-17-33-31(35)30-29(24-12-6-3-7-13-24)27-20-25(32)15-16-28(27)34(39(30,36)37)21-23-10-4-2-5-11-23/h2-16,19-20H,17-18,21H2,1H3,(H,33,35). The summed E-state index contributed by atoms with van der Waals surface area (Å²) in [6.07, 6.45) is 0. The molecule has 198 valence electrons. The summed E-state index contributed by atoms with van der Waals surface area (Å²) in [5.41, 5.74) is 3.79. The van der Waals surface area contributed by atoms with Crippen molar-refractivity contribution in [3.63, 3.8) is 0 Å². The van der Waals surface area contributed by atoms with Crippen molar-refractivity contribution >= 4 is 38.8 Å². The minimum atomic E-state index is -4.26. The normalized spacial score (nSPS) is 14.1. The molecule has 0 radical (unpaired) electrons. The predicted octanol–water partition coefficient (Wildman–Crippen LogP) is 5.95. The Morgan fingerprint density at radius 1 is 0.897 bits per heavy atom. The molecule has 0 unspecified atom stereocenters.